The second kappa shape index (κ2) is 7.24. The van der Waals surface area contributed by atoms with Crippen LogP contribution in [0.3, 0.4) is 0 Å². The number of nitrogens with zero attached hydrogens (tertiary/aromatic N) is 3. The standard InChI is InChI=1S/C22H30N4O2/c1-16(27)23-19-12-22(8-10-25(11-9-22)17(2)28)26(15-19)14-18-13-24(3)21-7-5-4-6-20(18)21/h4-7,13,19H,8-12,14-15H2,1-3H3,(H,23,27)/t19-/m0/s1. The number of nitrogens with one attached hydrogen (secondary N) is 1. The molecular formula is C22H30N4O2. The van der Waals surface area contributed by atoms with Gasteiger partial charge in [-0.3, -0.25) is 14.5 Å². The van der Waals surface area contributed by atoms with E-state index in [0.29, 0.717) is 0 Å². The first-order chi connectivity index (χ1) is 13.4. The summed E-state index contributed by atoms with van der Waals surface area (Å²) in [5, 5.41) is 4.43. The number of carbonyl (C=O) groups is 2. The van der Waals surface area contributed by atoms with Crippen LogP contribution in [0, 0.1) is 0 Å². The van der Waals surface area contributed by atoms with Crippen LogP contribution in [0.1, 0.15) is 38.7 Å². The molecule has 1 aromatic heterocycles. The lowest BCUT2D eigenvalue weighted by Gasteiger charge is -2.44. The number of piperidine rings is 1. The van der Waals surface area contributed by atoms with Crippen LogP contribution < -0.4 is 5.32 Å². The van der Waals surface area contributed by atoms with Crippen molar-refractivity contribution in [3.63, 3.8) is 0 Å². The Balaban J connectivity index is 1.60. The molecule has 1 aromatic carbocycles. The predicted octanol–water partition coefficient (Wildman–Crippen LogP) is 2.27. The first-order valence-electron chi connectivity index (χ1n) is 10.2. The molecule has 0 aliphatic carbocycles. The average molecular weight is 383 g/mol. The molecule has 2 aliphatic heterocycles. The van der Waals surface area contributed by atoms with Crippen molar-refractivity contribution in [3.8, 4) is 0 Å². The van der Waals surface area contributed by atoms with E-state index in [0.717, 1.165) is 45.4 Å². The summed E-state index contributed by atoms with van der Waals surface area (Å²) in [6.45, 7) is 6.59. The van der Waals surface area contributed by atoms with E-state index in [1.165, 1.54) is 16.5 Å². The molecular weight excluding hydrogens is 352 g/mol. The summed E-state index contributed by atoms with van der Waals surface area (Å²) in [4.78, 5) is 28.0. The van der Waals surface area contributed by atoms with E-state index in [9.17, 15) is 9.59 Å². The van der Waals surface area contributed by atoms with E-state index in [2.05, 4.69) is 52.3 Å². The Morgan fingerprint density at radius 3 is 2.57 bits per heavy atom. The third-order valence-electron chi connectivity index (χ3n) is 6.63. The van der Waals surface area contributed by atoms with Gasteiger partial charge < -0.3 is 14.8 Å². The highest BCUT2D eigenvalue weighted by Gasteiger charge is 2.47. The van der Waals surface area contributed by atoms with Gasteiger partial charge in [0.15, 0.2) is 0 Å². The summed E-state index contributed by atoms with van der Waals surface area (Å²) in [7, 11) is 2.09. The SMILES string of the molecule is CC(=O)N[C@@H]1CN(Cc2cn(C)c3ccccc23)C2(CCN(C(C)=O)CC2)C1. The molecule has 0 radical (unpaired) electrons. The molecule has 2 saturated heterocycles. The molecule has 3 heterocycles. The summed E-state index contributed by atoms with van der Waals surface area (Å²) in [5.74, 6) is 0.195. The monoisotopic (exact) mass is 382 g/mol. The van der Waals surface area contributed by atoms with Crippen molar-refractivity contribution in [2.75, 3.05) is 19.6 Å². The fourth-order valence-corrected chi connectivity index (χ4v) is 5.24. The lowest BCUT2D eigenvalue weighted by molar-refractivity contribution is -0.131. The number of aromatic nitrogens is 1. The van der Waals surface area contributed by atoms with E-state index in [-0.39, 0.29) is 23.4 Å². The van der Waals surface area contributed by atoms with Crippen LogP contribution in [-0.2, 0) is 23.2 Å². The fraction of sp³-hybridized carbons (Fsp3) is 0.545. The van der Waals surface area contributed by atoms with Crippen molar-refractivity contribution in [2.24, 2.45) is 7.05 Å². The van der Waals surface area contributed by atoms with Crippen molar-refractivity contribution in [1.82, 2.24) is 19.7 Å². The summed E-state index contributed by atoms with van der Waals surface area (Å²) < 4.78 is 2.19. The van der Waals surface area contributed by atoms with Gasteiger partial charge in [-0.2, -0.15) is 0 Å². The Morgan fingerprint density at radius 2 is 1.89 bits per heavy atom. The van der Waals surface area contributed by atoms with E-state index >= 15 is 0 Å². The van der Waals surface area contributed by atoms with E-state index in [4.69, 9.17) is 0 Å². The maximum absolute atomic E-state index is 11.8. The van der Waals surface area contributed by atoms with Gasteiger partial charge in [0.05, 0.1) is 0 Å². The van der Waals surface area contributed by atoms with Crippen LogP contribution in [0.25, 0.3) is 10.9 Å². The van der Waals surface area contributed by atoms with Crippen molar-refractivity contribution in [1.29, 1.82) is 0 Å². The van der Waals surface area contributed by atoms with Gasteiger partial charge in [-0.25, -0.2) is 0 Å². The largest absolute Gasteiger partial charge is 0.352 e. The maximum Gasteiger partial charge on any atom is 0.219 e. The van der Waals surface area contributed by atoms with Gasteiger partial charge in [-0.05, 0) is 30.9 Å². The molecule has 28 heavy (non-hydrogen) atoms. The van der Waals surface area contributed by atoms with E-state index < -0.39 is 0 Å². The third-order valence-corrected chi connectivity index (χ3v) is 6.63. The minimum Gasteiger partial charge on any atom is -0.352 e. The zero-order chi connectivity index (χ0) is 19.9. The van der Waals surface area contributed by atoms with Gasteiger partial charge in [-0.1, -0.05) is 18.2 Å². The third kappa shape index (κ3) is 3.41. The molecule has 2 fully saturated rings. The van der Waals surface area contributed by atoms with E-state index in [1.54, 1.807) is 13.8 Å². The summed E-state index contributed by atoms with van der Waals surface area (Å²) in [6, 6.07) is 8.70. The molecule has 4 rings (SSSR count). The number of aryl methyl sites for hydroxylation is 1. The molecule has 6 heteroatoms. The van der Waals surface area contributed by atoms with Crippen LogP contribution in [-0.4, -0.2) is 57.4 Å². The molecule has 0 unspecified atom stereocenters. The molecule has 0 saturated carbocycles. The number of benzene rings is 1. The Labute approximate surface area is 166 Å². The highest BCUT2D eigenvalue weighted by molar-refractivity contribution is 5.83. The minimum atomic E-state index is 0.0355. The Hall–Kier alpha value is -2.34. The van der Waals surface area contributed by atoms with E-state index in [1.807, 2.05) is 4.90 Å². The van der Waals surface area contributed by atoms with Gasteiger partial charge in [0.2, 0.25) is 11.8 Å². The normalized spacial score (nSPS) is 22.1. The maximum atomic E-state index is 11.8. The minimum absolute atomic E-state index is 0.0355. The molecule has 0 bridgehead atoms. The van der Waals surface area contributed by atoms with Crippen LogP contribution in [0.15, 0.2) is 30.5 Å². The Morgan fingerprint density at radius 1 is 1.18 bits per heavy atom. The Kier molecular flexibility index (Phi) is 4.91. The van der Waals surface area contributed by atoms with Crippen molar-refractivity contribution in [3.05, 3.63) is 36.0 Å². The Bertz CT molecular complexity index is 895. The fourth-order valence-electron chi connectivity index (χ4n) is 5.24. The molecule has 6 nitrogen and oxygen atoms in total. The molecule has 2 aliphatic rings. The lowest BCUT2D eigenvalue weighted by Crippen LogP contribution is -2.52. The predicted molar refractivity (Wildman–Crippen MR) is 110 cm³/mol. The smallest absolute Gasteiger partial charge is 0.219 e. The second-order valence-corrected chi connectivity index (χ2v) is 8.49. The van der Waals surface area contributed by atoms with Gasteiger partial charge >= 0.3 is 0 Å². The van der Waals surface area contributed by atoms with Gasteiger partial charge in [0.25, 0.3) is 0 Å². The number of hydrogen-bond acceptors (Lipinski definition) is 3. The van der Waals surface area contributed by atoms with Crippen LogP contribution in [0.2, 0.25) is 0 Å². The molecule has 1 atom stereocenters. The van der Waals surface area contributed by atoms with Crippen molar-refractivity contribution in [2.45, 2.75) is 51.2 Å². The molecule has 1 spiro atoms. The highest BCUT2D eigenvalue weighted by atomic mass is 16.2. The zero-order valence-corrected chi connectivity index (χ0v) is 17.1. The second-order valence-electron chi connectivity index (χ2n) is 8.49. The zero-order valence-electron chi connectivity index (χ0n) is 17.1. The first-order valence-corrected chi connectivity index (χ1v) is 10.2. The molecule has 2 amide bonds. The topological polar surface area (TPSA) is 57.6 Å². The number of carbonyl (C=O) groups excluding carboxylic acids is 2. The number of likely N-dealkylation sites (tertiary alicyclic amines) is 2. The van der Waals surface area contributed by atoms with Crippen LogP contribution >= 0.6 is 0 Å². The van der Waals surface area contributed by atoms with Gasteiger partial charge in [0, 0.05) is 75.8 Å². The number of rotatable bonds is 3. The number of hydrogen-bond donors (Lipinski definition) is 1. The van der Waals surface area contributed by atoms with Crippen molar-refractivity contribution >= 4 is 22.7 Å². The quantitative estimate of drug-likeness (QED) is 0.886. The van der Waals surface area contributed by atoms with Gasteiger partial charge in [0.1, 0.15) is 0 Å². The first kappa shape index (κ1) is 19.0. The van der Waals surface area contributed by atoms with Crippen LogP contribution in [0.5, 0.6) is 0 Å². The number of para-hydroxylation sites is 1. The van der Waals surface area contributed by atoms with Crippen LogP contribution in [0.4, 0.5) is 0 Å². The van der Waals surface area contributed by atoms with Gasteiger partial charge in [-0.15, -0.1) is 0 Å². The molecule has 150 valence electrons. The number of amides is 2. The average Bonchev–Trinajstić information content (AvgIpc) is 3.13. The number of fused-ring (bicyclic) bond motifs is 1. The molecule has 2 aromatic rings. The van der Waals surface area contributed by atoms with Crippen molar-refractivity contribution < 1.29 is 9.59 Å². The lowest BCUT2D eigenvalue weighted by atomic mass is 9.84. The summed E-state index contributed by atoms with van der Waals surface area (Å²) in [6.07, 6.45) is 5.12. The highest BCUT2D eigenvalue weighted by Crippen LogP contribution is 2.40. The summed E-state index contributed by atoms with van der Waals surface area (Å²) in [5.41, 5.74) is 2.63. The summed E-state index contributed by atoms with van der Waals surface area (Å²) >= 11 is 0. The molecule has 1 N–H and O–H groups in total.